The van der Waals surface area contributed by atoms with E-state index in [4.69, 9.17) is 20.6 Å². The minimum Gasteiger partial charge on any atom is -0.494 e. The number of benzene rings is 3. The van der Waals surface area contributed by atoms with Gasteiger partial charge in [-0.3, -0.25) is 10.2 Å². The Morgan fingerprint density at radius 1 is 0.812 bits per heavy atom. The van der Waals surface area contributed by atoms with Crippen molar-refractivity contribution in [2.45, 2.75) is 25.9 Å². The molecule has 1 amide bonds. The summed E-state index contributed by atoms with van der Waals surface area (Å²) in [4.78, 5) is 12.3. The fraction of sp³-hybridized carbons (Fsp3) is 0.231. The van der Waals surface area contributed by atoms with E-state index in [1.807, 2.05) is 66.7 Å². The van der Waals surface area contributed by atoms with Gasteiger partial charge in [-0.2, -0.15) is 0 Å². The highest BCUT2D eigenvalue weighted by molar-refractivity contribution is 6.04. The van der Waals surface area contributed by atoms with Gasteiger partial charge in [-0.05, 0) is 73.4 Å². The molecule has 32 heavy (non-hydrogen) atoms. The summed E-state index contributed by atoms with van der Waals surface area (Å²) in [5.41, 5.74) is 8.57. The number of carbonyl (C=O) groups is 1. The molecule has 0 heterocycles. The molecule has 0 aliphatic carbocycles. The Morgan fingerprint density at radius 2 is 1.47 bits per heavy atom. The molecule has 0 aromatic heterocycles. The summed E-state index contributed by atoms with van der Waals surface area (Å²) in [7, 11) is 0. The first kappa shape index (κ1) is 23.0. The lowest BCUT2D eigenvalue weighted by atomic mass is 10.1. The molecule has 0 spiro atoms. The number of carbonyl (C=O) groups excluding carboxylic acids is 1. The molecule has 6 nitrogen and oxygen atoms in total. The Labute approximate surface area is 188 Å². The number of ether oxygens (including phenoxy) is 2. The van der Waals surface area contributed by atoms with E-state index < -0.39 is 0 Å². The van der Waals surface area contributed by atoms with Gasteiger partial charge in [0.2, 0.25) is 0 Å². The molecular formula is C26H29N3O3. The van der Waals surface area contributed by atoms with Crippen molar-refractivity contribution in [2.24, 2.45) is 5.73 Å². The number of hydrogen-bond acceptors (Lipinski definition) is 4. The molecule has 3 aromatic carbocycles. The van der Waals surface area contributed by atoms with E-state index in [2.05, 4.69) is 5.32 Å². The molecule has 0 saturated heterocycles. The molecule has 3 rings (SSSR count). The fourth-order valence-corrected chi connectivity index (χ4v) is 3.07. The van der Waals surface area contributed by atoms with Crippen molar-refractivity contribution < 1.29 is 14.3 Å². The lowest BCUT2D eigenvalue weighted by Crippen LogP contribution is -2.11. The zero-order valence-electron chi connectivity index (χ0n) is 18.1. The average Bonchev–Trinajstić information content (AvgIpc) is 2.82. The zero-order valence-corrected chi connectivity index (χ0v) is 18.1. The molecule has 3 aromatic rings. The minimum absolute atomic E-state index is 0.0565. The minimum atomic E-state index is -0.124. The van der Waals surface area contributed by atoms with Crippen molar-refractivity contribution in [3.8, 4) is 5.75 Å². The van der Waals surface area contributed by atoms with E-state index in [1.165, 1.54) is 0 Å². The lowest BCUT2D eigenvalue weighted by molar-refractivity contribution is 0.102. The van der Waals surface area contributed by atoms with Gasteiger partial charge >= 0.3 is 0 Å². The van der Waals surface area contributed by atoms with Gasteiger partial charge in [0.25, 0.3) is 5.91 Å². The Bertz CT molecular complexity index is 987. The standard InChI is InChI=1S/C26H29N3O3/c27-25(28)21-13-15-24(16-14-21)32-18-6-2-5-17-31-19-20-9-11-22(12-10-20)26(30)29-23-7-3-1-4-8-23/h1,3-4,7-16H,2,5-6,17-19H2,(H3,27,28)(H,29,30). The highest BCUT2D eigenvalue weighted by Crippen LogP contribution is 2.13. The Kier molecular flexibility index (Phi) is 8.83. The first-order valence-corrected chi connectivity index (χ1v) is 10.7. The van der Waals surface area contributed by atoms with Gasteiger partial charge in [0.15, 0.2) is 0 Å². The van der Waals surface area contributed by atoms with Crippen LogP contribution in [0.15, 0.2) is 78.9 Å². The molecule has 4 N–H and O–H groups in total. The Balaban J connectivity index is 1.26. The molecule has 0 unspecified atom stereocenters. The molecule has 0 atom stereocenters. The second-order valence-electron chi connectivity index (χ2n) is 7.42. The molecule has 166 valence electrons. The van der Waals surface area contributed by atoms with Crippen LogP contribution in [0.5, 0.6) is 5.75 Å². The van der Waals surface area contributed by atoms with Crippen LogP contribution < -0.4 is 15.8 Å². The highest BCUT2D eigenvalue weighted by atomic mass is 16.5. The van der Waals surface area contributed by atoms with E-state index in [0.29, 0.717) is 30.9 Å². The number of hydrogen-bond donors (Lipinski definition) is 3. The van der Waals surface area contributed by atoms with E-state index in [1.54, 1.807) is 12.1 Å². The number of unbranched alkanes of at least 4 members (excludes halogenated alkanes) is 2. The Hall–Kier alpha value is -3.64. The summed E-state index contributed by atoms with van der Waals surface area (Å²) in [6.07, 6.45) is 2.93. The number of nitrogens with one attached hydrogen (secondary N) is 2. The molecule has 0 aliphatic rings. The van der Waals surface area contributed by atoms with Crippen LogP contribution in [0.2, 0.25) is 0 Å². The third-order valence-corrected chi connectivity index (χ3v) is 4.88. The third-order valence-electron chi connectivity index (χ3n) is 4.88. The smallest absolute Gasteiger partial charge is 0.255 e. The number of amides is 1. The van der Waals surface area contributed by atoms with Gasteiger partial charge in [-0.15, -0.1) is 0 Å². The topological polar surface area (TPSA) is 97.4 Å². The Morgan fingerprint density at radius 3 is 2.16 bits per heavy atom. The largest absolute Gasteiger partial charge is 0.494 e. The normalized spacial score (nSPS) is 10.5. The van der Waals surface area contributed by atoms with E-state index >= 15 is 0 Å². The number of para-hydroxylation sites is 1. The SMILES string of the molecule is N=C(N)c1ccc(OCCCCCOCc2ccc(C(=O)Nc3ccccc3)cc2)cc1. The van der Waals surface area contributed by atoms with E-state index in [0.717, 1.165) is 36.3 Å². The number of nitrogens with two attached hydrogens (primary N) is 1. The summed E-state index contributed by atoms with van der Waals surface area (Å²) in [6, 6.07) is 24.1. The first-order chi connectivity index (χ1) is 15.6. The summed E-state index contributed by atoms with van der Waals surface area (Å²) >= 11 is 0. The van der Waals surface area contributed by atoms with Crippen molar-refractivity contribution in [1.29, 1.82) is 5.41 Å². The number of nitrogen functional groups attached to an aromatic ring is 1. The maximum absolute atomic E-state index is 12.3. The van der Waals surface area contributed by atoms with Crippen molar-refractivity contribution in [1.82, 2.24) is 0 Å². The second kappa shape index (κ2) is 12.3. The molecule has 6 heteroatoms. The number of amidine groups is 1. The molecule has 0 fully saturated rings. The van der Waals surface area contributed by atoms with Crippen LogP contribution in [-0.2, 0) is 11.3 Å². The van der Waals surface area contributed by atoms with Crippen LogP contribution in [-0.4, -0.2) is 25.0 Å². The van der Waals surface area contributed by atoms with Gasteiger partial charge in [0.05, 0.1) is 13.2 Å². The molecule has 0 aliphatic heterocycles. The van der Waals surface area contributed by atoms with Crippen molar-refractivity contribution in [2.75, 3.05) is 18.5 Å². The summed E-state index contributed by atoms with van der Waals surface area (Å²) < 4.78 is 11.4. The monoisotopic (exact) mass is 431 g/mol. The van der Waals surface area contributed by atoms with Gasteiger partial charge in [-0.25, -0.2) is 0 Å². The second-order valence-corrected chi connectivity index (χ2v) is 7.42. The predicted octanol–water partition coefficient (Wildman–Crippen LogP) is 4.99. The van der Waals surface area contributed by atoms with Crippen LogP contribution in [0.1, 0.15) is 40.7 Å². The van der Waals surface area contributed by atoms with Gasteiger partial charge in [0, 0.05) is 23.4 Å². The summed E-state index contributed by atoms with van der Waals surface area (Å²) in [5, 5.41) is 10.3. The summed E-state index contributed by atoms with van der Waals surface area (Å²) in [5.74, 6) is 0.717. The van der Waals surface area contributed by atoms with E-state index in [-0.39, 0.29) is 11.7 Å². The highest BCUT2D eigenvalue weighted by Gasteiger charge is 2.06. The molecular weight excluding hydrogens is 402 g/mol. The number of anilines is 1. The lowest BCUT2D eigenvalue weighted by Gasteiger charge is -2.08. The first-order valence-electron chi connectivity index (χ1n) is 10.7. The summed E-state index contributed by atoms with van der Waals surface area (Å²) in [6.45, 7) is 1.86. The molecule has 0 bridgehead atoms. The van der Waals surface area contributed by atoms with Crippen molar-refractivity contribution in [3.05, 3.63) is 95.6 Å². The average molecular weight is 432 g/mol. The maximum atomic E-state index is 12.3. The van der Waals surface area contributed by atoms with Crippen molar-refractivity contribution in [3.63, 3.8) is 0 Å². The van der Waals surface area contributed by atoms with Crippen LogP contribution >= 0.6 is 0 Å². The fourth-order valence-electron chi connectivity index (χ4n) is 3.07. The van der Waals surface area contributed by atoms with E-state index in [9.17, 15) is 4.79 Å². The zero-order chi connectivity index (χ0) is 22.6. The maximum Gasteiger partial charge on any atom is 0.255 e. The molecule has 0 saturated carbocycles. The van der Waals surface area contributed by atoms with Crippen LogP contribution in [0.3, 0.4) is 0 Å². The third kappa shape index (κ3) is 7.56. The quantitative estimate of drug-likeness (QED) is 0.214. The van der Waals surface area contributed by atoms with Crippen molar-refractivity contribution >= 4 is 17.4 Å². The van der Waals surface area contributed by atoms with Crippen LogP contribution in [0.25, 0.3) is 0 Å². The van der Waals surface area contributed by atoms with Gasteiger partial charge in [0.1, 0.15) is 11.6 Å². The predicted molar refractivity (Wildman–Crippen MR) is 127 cm³/mol. The van der Waals surface area contributed by atoms with Gasteiger partial charge in [-0.1, -0.05) is 30.3 Å². The molecule has 0 radical (unpaired) electrons. The van der Waals surface area contributed by atoms with Crippen LogP contribution in [0, 0.1) is 5.41 Å². The van der Waals surface area contributed by atoms with Gasteiger partial charge < -0.3 is 20.5 Å². The van der Waals surface area contributed by atoms with Crippen LogP contribution in [0.4, 0.5) is 5.69 Å². The number of rotatable bonds is 12.